The Bertz CT molecular complexity index is 588. The number of pyridine rings is 2. The highest BCUT2D eigenvalue weighted by Crippen LogP contribution is 2.22. The van der Waals surface area contributed by atoms with Crippen LogP contribution >= 0.6 is 0 Å². The lowest BCUT2D eigenvalue weighted by molar-refractivity contribution is 0.0951. The van der Waals surface area contributed by atoms with Crippen molar-refractivity contribution < 1.29 is 4.79 Å². The Morgan fingerprint density at radius 3 is 2.86 bits per heavy atom. The fourth-order valence-corrected chi connectivity index (χ4v) is 2.69. The number of nitrogens with zero attached hydrogens (tertiary/aromatic N) is 3. The van der Waals surface area contributed by atoms with Crippen molar-refractivity contribution in [3.05, 3.63) is 54.5 Å². The highest BCUT2D eigenvalue weighted by Gasteiger charge is 2.25. The van der Waals surface area contributed by atoms with E-state index in [4.69, 9.17) is 0 Å². The molecule has 2 aromatic heterocycles. The SMILES string of the molecule is O=C(NC[C@@H]1CCCN1c1ccccn1)c1ccncc1. The van der Waals surface area contributed by atoms with Crippen LogP contribution in [0.3, 0.4) is 0 Å². The molecule has 0 aliphatic carbocycles. The van der Waals surface area contributed by atoms with Gasteiger partial charge in [-0.2, -0.15) is 0 Å². The maximum absolute atomic E-state index is 12.1. The summed E-state index contributed by atoms with van der Waals surface area (Å²) in [5.41, 5.74) is 0.646. The third-order valence-corrected chi connectivity index (χ3v) is 3.76. The summed E-state index contributed by atoms with van der Waals surface area (Å²) in [6, 6.07) is 9.68. The lowest BCUT2D eigenvalue weighted by Gasteiger charge is -2.25. The second-order valence-corrected chi connectivity index (χ2v) is 5.12. The number of nitrogens with one attached hydrogen (secondary N) is 1. The van der Waals surface area contributed by atoms with Gasteiger partial charge in [0.1, 0.15) is 5.82 Å². The molecule has 1 aliphatic heterocycles. The monoisotopic (exact) mass is 282 g/mol. The van der Waals surface area contributed by atoms with Gasteiger partial charge in [-0.3, -0.25) is 9.78 Å². The number of hydrogen-bond donors (Lipinski definition) is 1. The number of anilines is 1. The predicted molar refractivity (Wildman–Crippen MR) is 81.2 cm³/mol. The van der Waals surface area contributed by atoms with E-state index >= 15 is 0 Å². The lowest BCUT2D eigenvalue weighted by atomic mass is 10.2. The molecule has 0 radical (unpaired) electrons. The summed E-state index contributed by atoms with van der Waals surface area (Å²) in [6.45, 7) is 1.63. The van der Waals surface area contributed by atoms with Gasteiger partial charge in [-0.25, -0.2) is 4.98 Å². The van der Waals surface area contributed by atoms with E-state index < -0.39 is 0 Å². The predicted octanol–water partition coefficient (Wildman–Crippen LogP) is 1.88. The maximum atomic E-state index is 12.1. The van der Waals surface area contributed by atoms with Gasteiger partial charge < -0.3 is 10.2 Å². The van der Waals surface area contributed by atoms with Crippen molar-refractivity contribution in [3.8, 4) is 0 Å². The Morgan fingerprint density at radius 2 is 2.10 bits per heavy atom. The first kappa shape index (κ1) is 13.5. The highest BCUT2D eigenvalue weighted by atomic mass is 16.1. The Hall–Kier alpha value is -2.43. The van der Waals surface area contributed by atoms with E-state index in [9.17, 15) is 4.79 Å². The molecule has 0 spiro atoms. The zero-order chi connectivity index (χ0) is 14.5. The fraction of sp³-hybridized carbons (Fsp3) is 0.312. The number of amides is 1. The second-order valence-electron chi connectivity index (χ2n) is 5.12. The maximum Gasteiger partial charge on any atom is 0.251 e. The van der Waals surface area contributed by atoms with E-state index in [1.807, 2.05) is 18.2 Å². The van der Waals surface area contributed by atoms with E-state index in [0.717, 1.165) is 25.2 Å². The summed E-state index contributed by atoms with van der Waals surface area (Å²) in [5.74, 6) is 0.934. The molecule has 0 aromatic carbocycles. The number of rotatable bonds is 4. The molecule has 3 rings (SSSR count). The molecule has 1 N–H and O–H groups in total. The van der Waals surface area contributed by atoms with Crippen molar-refractivity contribution in [1.82, 2.24) is 15.3 Å². The van der Waals surface area contributed by atoms with Crippen LogP contribution in [0.15, 0.2) is 48.9 Å². The van der Waals surface area contributed by atoms with Crippen LogP contribution in [0.2, 0.25) is 0 Å². The number of aromatic nitrogens is 2. The quantitative estimate of drug-likeness (QED) is 0.930. The minimum atomic E-state index is -0.0507. The molecular weight excluding hydrogens is 264 g/mol. The summed E-state index contributed by atoms with van der Waals surface area (Å²) in [4.78, 5) is 22.7. The van der Waals surface area contributed by atoms with Gasteiger partial charge in [0.15, 0.2) is 0 Å². The van der Waals surface area contributed by atoms with Gasteiger partial charge in [0.25, 0.3) is 5.91 Å². The van der Waals surface area contributed by atoms with Gasteiger partial charge in [0, 0.05) is 43.3 Å². The average molecular weight is 282 g/mol. The number of carbonyl (C=O) groups is 1. The van der Waals surface area contributed by atoms with E-state index in [-0.39, 0.29) is 5.91 Å². The molecule has 1 saturated heterocycles. The van der Waals surface area contributed by atoms with Crippen LogP contribution in [0, 0.1) is 0 Å². The molecule has 0 unspecified atom stereocenters. The molecule has 1 amide bonds. The highest BCUT2D eigenvalue weighted by molar-refractivity contribution is 5.94. The van der Waals surface area contributed by atoms with E-state index in [2.05, 4.69) is 20.2 Å². The van der Waals surface area contributed by atoms with Crippen LogP contribution < -0.4 is 10.2 Å². The Kier molecular flexibility index (Phi) is 4.09. The Balaban J connectivity index is 1.61. The van der Waals surface area contributed by atoms with Crippen LogP contribution in [-0.2, 0) is 0 Å². The van der Waals surface area contributed by atoms with Crippen LogP contribution in [0.25, 0.3) is 0 Å². The van der Waals surface area contributed by atoms with Gasteiger partial charge in [-0.15, -0.1) is 0 Å². The van der Waals surface area contributed by atoms with Crippen molar-refractivity contribution in [3.63, 3.8) is 0 Å². The van der Waals surface area contributed by atoms with Crippen LogP contribution in [-0.4, -0.2) is 35.0 Å². The van der Waals surface area contributed by atoms with Crippen molar-refractivity contribution in [2.45, 2.75) is 18.9 Å². The standard InChI is InChI=1S/C16H18N4O/c21-16(13-6-9-17-10-7-13)19-12-14-4-3-11-20(14)15-5-1-2-8-18-15/h1-2,5-10,14H,3-4,11-12H2,(H,19,21)/t14-/m0/s1. The van der Waals surface area contributed by atoms with Crippen molar-refractivity contribution >= 4 is 11.7 Å². The summed E-state index contributed by atoms with van der Waals surface area (Å²) in [7, 11) is 0. The lowest BCUT2D eigenvalue weighted by Crippen LogP contribution is -2.40. The first-order valence-electron chi connectivity index (χ1n) is 7.20. The zero-order valence-electron chi connectivity index (χ0n) is 11.8. The third kappa shape index (κ3) is 3.18. The summed E-state index contributed by atoms with van der Waals surface area (Å²) < 4.78 is 0. The smallest absolute Gasteiger partial charge is 0.251 e. The van der Waals surface area contributed by atoms with Gasteiger partial charge in [0.05, 0.1) is 0 Å². The molecule has 21 heavy (non-hydrogen) atoms. The molecule has 0 saturated carbocycles. The molecule has 5 heteroatoms. The normalized spacial score (nSPS) is 17.7. The molecule has 1 aliphatic rings. The first-order valence-corrected chi connectivity index (χ1v) is 7.20. The summed E-state index contributed by atoms with van der Waals surface area (Å²) >= 11 is 0. The topological polar surface area (TPSA) is 58.1 Å². The molecule has 0 bridgehead atoms. The number of carbonyl (C=O) groups excluding carboxylic acids is 1. The van der Waals surface area contributed by atoms with Crippen LogP contribution in [0.4, 0.5) is 5.82 Å². The van der Waals surface area contributed by atoms with Gasteiger partial charge in [0.2, 0.25) is 0 Å². The molecule has 5 nitrogen and oxygen atoms in total. The molecule has 1 fully saturated rings. The molecule has 108 valence electrons. The molecule has 1 atom stereocenters. The summed E-state index contributed by atoms with van der Waals surface area (Å²) in [6.07, 6.45) is 7.27. The van der Waals surface area contributed by atoms with Gasteiger partial charge in [-0.05, 0) is 37.1 Å². The van der Waals surface area contributed by atoms with Gasteiger partial charge >= 0.3 is 0 Å². The van der Waals surface area contributed by atoms with Gasteiger partial charge in [-0.1, -0.05) is 6.07 Å². The van der Waals surface area contributed by atoms with Crippen molar-refractivity contribution in [1.29, 1.82) is 0 Å². The molecule has 2 aromatic rings. The Labute approximate surface area is 124 Å². The van der Waals surface area contributed by atoms with E-state index in [0.29, 0.717) is 18.2 Å². The zero-order valence-corrected chi connectivity index (χ0v) is 11.8. The van der Waals surface area contributed by atoms with Crippen molar-refractivity contribution in [2.24, 2.45) is 0 Å². The fourth-order valence-electron chi connectivity index (χ4n) is 2.69. The minimum Gasteiger partial charge on any atom is -0.352 e. The molecule has 3 heterocycles. The Morgan fingerprint density at radius 1 is 1.24 bits per heavy atom. The third-order valence-electron chi connectivity index (χ3n) is 3.76. The second kappa shape index (κ2) is 6.35. The first-order chi connectivity index (χ1) is 10.3. The summed E-state index contributed by atoms with van der Waals surface area (Å²) in [5, 5.41) is 3.00. The van der Waals surface area contributed by atoms with Crippen LogP contribution in [0.1, 0.15) is 23.2 Å². The van der Waals surface area contributed by atoms with E-state index in [1.54, 1.807) is 30.7 Å². The van der Waals surface area contributed by atoms with E-state index in [1.165, 1.54) is 0 Å². The van der Waals surface area contributed by atoms with Crippen LogP contribution in [0.5, 0.6) is 0 Å². The number of hydrogen-bond acceptors (Lipinski definition) is 4. The average Bonchev–Trinajstić information content (AvgIpc) is 3.03. The minimum absolute atomic E-state index is 0.0507. The largest absolute Gasteiger partial charge is 0.352 e. The molecular formula is C16H18N4O. The van der Waals surface area contributed by atoms with Crippen molar-refractivity contribution in [2.75, 3.05) is 18.0 Å².